The van der Waals surface area contributed by atoms with Crippen molar-refractivity contribution in [3.63, 3.8) is 0 Å². The van der Waals surface area contributed by atoms with Gasteiger partial charge in [0, 0.05) is 17.8 Å². The second-order valence-electron chi connectivity index (χ2n) is 6.66. The summed E-state index contributed by atoms with van der Waals surface area (Å²) in [5.74, 6) is -0.355. The first-order chi connectivity index (χ1) is 14.5. The number of non-ortho nitro benzene ring substituents is 1. The molecule has 0 saturated heterocycles. The summed E-state index contributed by atoms with van der Waals surface area (Å²) in [7, 11) is 0. The fraction of sp³-hybridized carbons (Fsp3) is 0.0909. The molecule has 0 radical (unpaired) electrons. The van der Waals surface area contributed by atoms with Crippen molar-refractivity contribution < 1.29 is 19.2 Å². The van der Waals surface area contributed by atoms with Crippen LogP contribution in [0.1, 0.15) is 26.3 Å². The van der Waals surface area contributed by atoms with Gasteiger partial charge in [0.2, 0.25) is 0 Å². The number of imide groups is 1. The normalized spacial score (nSPS) is 12.6. The number of nitro groups is 1. The Morgan fingerprint density at radius 2 is 1.60 bits per heavy atom. The Balaban J connectivity index is 1.37. The van der Waals surface area contributed by atoms with E-state index in [4.69, 9.17) is 4.74 Å². The van der Waals surface area contributed by atoms with Crippen LogP contribution in [0.2, 0.25) is 0 Å². The Bertz CT molecular complexity index is 1110. The molecule has 0 aromatic heterocycles. The van der Waals surface area contributed by atoms with E-state index in [9.17, 15) is 19.7 Å². The molecule has 8 heteroatoms. The van der Waals surface area contributed by atoms with Gasteiger partial charge < -0.3 is 10.1 Å². The lowest BCUT2D eigenvalue weighted by atomic mass is 10.1. The van der Waals surface area contributed by atoms with Crippen molar-refractivity contribution in [2.45, 2.75) is 6.61 Å². The van der Waals surface area contributed by atoms with Crippen molar-refractivity contribution in [1.29, 1.82) is 0 Å². The minimum Gasteiger partial charge on any atom is -0.489 e. The lowest BCUT2D eigenvalue weighted by Gasteiger charge is -2.16. The van der Waals surface area contributed by atoms with E-state index < -0.39 is 16.7 Å². The molecule has 1 aliphatic heterocycles. The van der Waals surface area contributed by atoms with Crippen LogP contribution in [0, 0.1) is 10.1 Å². The van der Waals surface area contributed by atoms with E-state index in [0.717, 1.165) is 16.5 Å². The summed E-state index contributed by atoms with van der Waals surface area (Å²) in [5.41, 5.74) is 1.74. The van der Waals surface area contributed by atoms with Gasteiger partial charge in [-0.05, 0) is 35.9 Å². The molecule has 0 unspecified atom stereocenters. The van der Waals surface area contributed by atoms with Crippen molar-refractivity contribution in [2.75, 3.05) is 12.0 Å². The molecule has 150 valence electrons. The minimum absolute atomic E-state index is 0.0423. The fourth-order valence-electron chi connectivity index (χ4n) is 3.12. The largest absolute Gasteiger partial charge is 0.489 e. The maximum Gasteiger partial charge on any atom is 0.270 e. The molecule has 0 saturated carbocycles. The van der Waals surface area contributed by atoms with Gasteiger partial charge in [-0.1, -0.05) is 30.3 Å². The number of rotatable bonds is 7. The number of ether oxygens (including phenoxy) is 1. The number of nitrogens with one attached hydrogen (secondary N) is 1. The Morgan fingerprint density at radius 3 is 2.30 bits per heavy atom. The summed E-state index contributed by atoms with van der Waals surface area (Å²) in [4.78, 5) is 36.3. The average molecular weight is 403 g/mol. The highest BCUT2D eigenvalue weighted by Gasteiger charge is 2.36. The first kappa shape index (κ1) is 19.1. The summed E-state index contributed by atoms with van der Waals surface area (Å²) in [6.07, 6.45) is 0. The number of nitro benzene ring substituents is 1. The predicted octanol–water partition coefficient (Wildman–Crippen LogP) is 3.84. The molecule has 0 aliphatic carbocycles. The first-order valence-corrected chi connectivity index (χ1v) is 9.18. The summed E-state index contributed by atoms with van der Waals surface area (Å²) < 4.78 is 5.73. The molecule has 8 nitrogen and oxygen atoms in total. The maximum absolute atomic E-state index is 12.5. The predicted molar refractivity (Wildman–Crippen MR) is 109 cm³/mol. The third kappa shape index (κ3) is 3.83. The van der Waals surface area contributed by atoms with E-state index >= 15 is 0 Å². The van der Waals surface area contributed by atoms with Gasteiger partial charge in [-0.2, -0.15) is 0 Å². The molecule has 1 N–H and O–H groups in total. The van der Waals surface area contributed by atoms with Crippen molar-refractivity contribution in [1.82, 2.24) is 4.90 Å². The summed E-state index contributed by atoms with van der Waals surface area (Å²) in [6.45, 7) is 0.402. The number of benzene rings is 3. The zero-order valence-corrected chi connectivity index (χ0v) is 15.8. The second kappa shape index (κ2) is 8.04. The second-order valence-corrected chi connectivity index (χ2v) is 6.66. The number of anilines is 1. The third-order valence-corrected chi connectivity index (χ3v) is 4.71. The van der Waals surface area contributed by atoms with Crippen molar-refractivity contribution in [2.24, 2.45) is 0 Å². The van der Waals surface area contributed by atoms with E-state index in [1.165, 1.54) is 12.1 Å². The van der Waals surface area contributed by atoms with Crippen LogP contribution in [0.3, 0.4) is 0 Å². The van der Waals surface area contributed by atoms with E-state index in [2.05, 4.69) is 5.32 Å². The van der Waals surface area contributed by atoms with Gasteiger partial charge in [0.25, 0.3) is 17.5 Å². The van der Waals surface area contributed by atoms with Gasteiger partial charge in [-0.3, -0.25) is 24.6 Å². The summed E-state index contributed by atoms with van der Waals surface area (Å²) in [5, 5.41) is 13.9. The summed E-state index contributed by atoms with van der Waals surface area (Å²) >= 11 is 0. The van der Waals surface area contributed by atoms with Crippen LogP contribution in [0.25, 0.3) is 0 Å². The van der Waals surface area contributed by atoms with Gasteiger partial charge >= 0.3 is 0 Å². The molecule has 1 aliphatic rings. The number of carbonyl (C=O) groups is 2. The zero-order valence-electron chi connectivity index (χ0n) is 15.8. The molecule has 1 heterocycles. The Labute approximate surface area is 171 Å². The van der Waals surface area contributed by atoms with Crippen LogP contribution in [0.4, 0.5) is 11.4 Å². The summed E-state index contributed by atoms with van der Waals surface area (Å²) in [6, 6.07) is 20.6. The van der Waals surface area contributed by atoms with Crippen LogP contribution in [-0.4, -0.2) is 28.3 Å². The highest BCUT2D eigenvalue weighted by atomic mass is 16.6. The number of fused-ring (bicyclic) bond motifs is 1. The zero-order chi connectivity index (χ0) is 21.1. The third-order valence-electron chi connectivity index (χ3n) is 4.71. The molecular formula is C22H17N3O5. The van der Waals surface area contributed by atoms with Crippen molar-refractivity contribution >= 4 is 23.2 Å². The molecule has 30 heavy (non-hydrogen) atoms. The monoisotopic (exact) mass is 403 g/mol. The highest BCUT2D eigenvalue weighted by molar-refractivity contribution is 6.21. The number of hydrogen-bond donors (Lipinski definition) is 1. The Morgan fingerprint density at radius 1 is 0.900 bits per heavy atom. The quantitative estimate of drug-likeness (QED) is 0.365. The standard InChI is InChI=1S/C22H17N3O5/c26-21-19-11-8-17(25(28)29)12-20(19)22(27)24(21)14-23-16-6-9-18(10-7-16)30-13-15-4-2-1-3-5-15/h1-12,23H,13-14H2. The van der Waals surface area contributed by atoms with E-state index in [1.54, 1.807) is 24.3 Å². The SMILES string of the molecule is O=C1c2ccc([N+](=O)[O-])cc2C(=O)N1CNc1ccc(OCc2ccccc2)cc1. The number of nitrogens with zero attached hydrogens (tertiary/aromatic N) is 2. The van der Waals surface area contributed by atoms with Crippen LogP contribution in [0.5, 0.6) is 5.75 Å². The lowest BCUT2D eigenvalue weighted by molar-refractivity contribution is -0.384. The van der Waals surface area contributed by atoms with Gasteiger partial charge in [0.05, 0.1) is 22.7 Å². The molecule has 0 spiro atoms. The van der Waals surface area contributed by atoms with Crippen LogP contribution >= 0.6 is 0 Å². The van der Waals surface area contributed by atoms with Crippen molar-refractivity contribution in [3.8, 4) is 5.75 Å². The fourth-order valence-corrected chi connectivity index (χ4v) is 3.12. The minimum atomic E-state index is -0.597. The van der Waals surface area contributed by atoms with Crippen molar-refractivity contribution in [3.05, 3.63) is 99.6 Å². The molecule has 3 aromatic carbocycles. The maximum atomic E-state index is 12.5. The Kier molecular flexibility index (Phi) is 5.13. The molecule has 0 bridgehead atoms. The number of carbonyl (C=O) groups excluding carboxylic acids is 2. The average Bonchev–Trinajstić information content (AvgIpc) is 3.01. The number of amides is 2. The first-order valence-electron chi connectivity index (χ1n) is 9.18. The van der Waals surface area contributed by atoms with Gasteiger partial charge in [-0.15, -0.1) is 0 Å². The van der Waals surface area contributed by atoms with E-state index in [-0.39, 0.29) is 23.5 Å². The van der Waals surface area contributed by atoms with Gasteiger partial charge in [-0.25, -0.2) is 0 Å². The van der Waals surface area contributed by atoms with Crippen LogP contribution in [0.15, 0.2) is 72.8 Å². The van der Waals surface area contributed by atoms with Gasteiger partial charge in [0.15, 0.2) is 0 Å². The Hall–Kier alpha value is -4.20. The van der Waals surface area contributed by atoms with Crippen LogP contribution < -0.4 is 10.1 Å². The lowest BCUT2D eigenvalue weighted by Crippen LogP contribution is -2.34. The smallest absolute Gasteiger partial charge is 0.270 e. The van der Waals surface area contributed by atoms with E-state index in [1.807, 2.05) is 30.3 Å². The van der Waals surface area contributed by atoms with Crippen LogP contribution in [-0.2, 0) is 6.61 Å². The molecular weight excluding hydrogens is 386 g/mol. The molecule has 4 rings (SSSR count). The topological polar surface area (TPSA) is 102 Å². The molecule has 3 aromatic rings. The van der Waals surface area contributed by atoms with Gasteiger partial charge in [0.1, 0.15) is 12.4 Å². The molecule has 2 amide bonds. The van der Waals surface area contributed by atoms with E-state index in [0.29, 0.717) is 18.0 Å². The highest BCUT2D eigenvalue weighted by Crippen LogP contribution is 2.27. The molecule has 0 fully saturated rings. The molecule has 0 atom stereocenters. The number of hydrogen-bond acceptors (Lipinski definition) is 6.